The summed E-state index contributed by atoms with van der Waals surface area (Å²) in [6, 6.07) is 0.115. The fraction of sp³-hybridized carbons (Fsp3) is 0.556. The second-order valence-corrected chi connectivity index (χ2v) is 3.89. The number of hydrogen-bond acceptors (Lipinski definition) is 8. The van der Waals surface area contributed by atoms with Gasteiger partial charge in [0.05, 0.1) is 0 Å². The third-order valence-corrected chi connectivity index (χ3v) is 1.87. The molecule has 18 heavy (non-hydrogen) atoms. The Balaban J connectivity index is 2.96. The van der Waals surface area contributed by atoms with Crippen LogP contribution in [0.3, 0.4) is 0 Å². The number of nitrogens with two attached hydrogens (primary N) is 1. The molecule has 0 radical (unpaired) electrons. The first kappa shape index (κ1) is 13.7. The van der Waals surface area contributed by atoms with Crippen molar-refractivity contribution in [1.82, 2.24) is 15.0 Å². The summed E-state index contributed by atoms with van der Waals surface area (Å²) >= 11 is 0. The van der Waals surface area contributed by atoms with E-state index in [1.807, 2.05) is 28.2 Å². The minimum absolute atomic E-state index is 0.0618. The lowest BCUT2D eigenvalue weighted by atomic mass is 10.6. The zero-order chi connectivity index (χ0) is 13.7. The molecule has 0 aromatic carbocycles. The molecule has 1 aromatic heterocycles. The fourth-order valence-corrected chi connectivity index (χ4v) is 0.967. The van der Waals surface area contributed by atoms with E-state index in [9.17, 15) is 0 Å². The lowest BCUT2D eigenvalue weighted by Crippen LogP contribution is -2.23. The number of nitrogens with zero attached hydrogens (tertiary/aromatic N) is 6. The van der Waals surface area contributed by atoms with Gasteiger partial charge in [-0.2, -0.15) is 15.0 Å². The van der Waals surface area contributed by atoms with Crippen molar-refractivity contribution in [1.29, 1.82) is 0 Å². The van der Waals surface area contributed by atoms with Gasteiger partial charge >= 0.3 is 6.01 Å². The molecule has 9 nitrogen and oxygen atoms in total. The van der Waals surface area contributed by atoms with E-state index in [0.717, 1.165) is 0 Å². The van der Waals surface area contributed by atoms with Gasteiger partial charge in [0.25, 0.3) is 0 Å². The van der Waals surface area contributed by atoms with Crippen molar-refractivity contribution >= 4 is 17.7 Å². The number of hydrogen-bond donors (Lipinski definition) is 2. The maximum absolute atomic E-state index is 8.41. The van der Waals surface area contributed by atoms with Crippen LogP contribution in [0, 0.1) is 0 Å². The molecule has 0 unspecified atom stereocenters. The Hall–Kier alpha value is -2.32. The zero-order valence-corrected chi connectivity index (χ0v) is 10.8. The lowest BCUT2D eigenvalue weighted by molar-refractivity contribution is 0.300. The number of anilines is 2. The van der Waals surface area contributed by atoms with Crippen LogP contribution in [0.4, 0.5) is 11.9 Å². The van der Waals surface area contributed by atoms with Crippen LogP contribution in [0.25, 0.3) is 0 Å². The average Bonchev–Trinajstić information content (AvgIpc) is 2.35. The molecular formula is C9H17N7O2. The average molecular weight is 255 g/mol. The van der Waals surface area contributed by atoms with Gasteiger partial charge in [-0.05, 0) is 0 Å². The Bertz CT molecular complexity index is 407. The van der Waals surface area contributed by atoms with Crippen molar-refractivity contribution in [2.45, 2.75) is 0 Å². The van der Waals surface area contributed by atoms with E-state index in [1.54, 1.807) is 9.80 Å². The van der Waals surface area contributed by atoms with E-state index in [0.29, 0.717) is 11.9 Å². The van der Waals surface area contributed by atoms with Crippen molar-refractivity contribution in [3.05, 3.63) is 0 Å². The number of ether oxygens (including phenoxy) is 1. The first-order chi connectivity index (χ1) is 8.43. The highest BCUT2D eigenvalue weighted by molar-refractivity contribution is 5.81. The van der Waals surface area contributed by atoms with Gasteiger partial charge in [-0.25, -0.2) is 0 Å². The predicted molar refractivity (Wildman–Crippen MR) is 67.4 cm³/mol. The van der Waals surface area contributed by atoms with Crippen LogP contribution in [0.5, 0.6) is 6.01 Å². The summed E-state index contributed by atoms with van der Waals surface area (Å²) in [6.45, 7) is -0.0970. The van der Waals surface area contributed by atoms with Gasteiger partial charge in [0.2, 0.25) is 11.9 Å². The van der Waals surface area contributed by atoms with Gasteiger partial charge in [0.15, 0.2) is 12.4 Å². The third kappa shape index (κ3) is 3.61. The molecule has 0 bridgehead atoms. The van der Waals surface area contributed by atoms with Crippen molar-refractivity contribution in [3.63, 3.8) is 0 Å². The summed E-state index contributed by atoms with van der Waals surface area (Å²) in [5, 5.41) is 11.2. The van der Waals surface area contributed by atoms with Gasteiger partial charge < -0.3 is 25.5 Å². The summed E-state index contributed by atoms with van der Waals surface area (Å²) in [7, 11) is 7.23. The standard InChI is InChI=1S/C9H17N7O2/c1-15(2)7-11-8(16(3)4)13-9(12-7)18-5-6(10)14-17/h17H,5H2,1-4H3,(H2,10,14). The molecular weight excluding hydrogens is 238 g/mol. The largest absolute Gasteiger partial charge is 0.455 e. The molecule has 0 spiro atoms. The topological polar surface area (TPSA) is 113 Å². The van der Waals surface area contributed by atoms with Gasteiger partial charge in [0.1, 0.15) is 0 Å². The highest BCUT2D eigenvalue weighted by atomic mass is 16.5. The summed E-state index contributed by atoms with van der Waals surface area (Å²) in [5.74, 6) is 0.861. The Kier molecular flexibility index (Phi) is 4.46. The summed E-state index contributed by atoms with van der Waals surface area (Å²) < 4.78 is 5.21. The van der Waals surface area contributed by atoms with Gasteiger partial charge in [-0.3, -0.25) is 0 Å². The Morgan fingerprint density at radius 1 is 1.17 bits per heavy atom. The first-order valence-electron chi connectivity index (χ1n) is 5.14. The minimum Gasteiger partial charge on any atom is -0.455 e. The van der Waals surface area contributed by atoms with Gasteiger partial charge in [0, 0.05) is 28.2 Å². The monoisotopic (exact) mass is 255 g/mol. The SMILES string of the molecule is CN(C)c1nc(OC/C(N)=N\O)nc(N(C)C)n1. The molecule has 100 valence electrons. The summed E-state index contributed by atoms with van der Waals surface area (Å²) in [4.78, 5) is 15.8. The van der Waals surface area contributed by atoms with E-state index in [4.69, 9.17) is 15.7 Å². The minimum atomic E-state index is -0.0970. The molecule has 9 heteroatoms. The molecule has 0 amide bonds. The van der Waals surface area contributed by atoms with E-state index < -0.39 is 0 Å². The van der Waals surface area contributed by atoms with Crippen LogP contribution < -0.4 is 20.3 Å². The Morgan fingerprint density at radius 2 is 1.67 bits per heavy atom. The molecule has 0 saturated carbocycles. The van der Waals surface area contributed by atoms with Crippen LogP contribution in [0.1, 0.15) is 0 Å². The molecule has 0 atom stereocenters. The zero-order valence-electron chi connectivity index (χ0n) is 10.8. The highest BCUT2D eigenvalue weighted by Crippen LogP contribution is 2.14. The van der Waals surface area contributed by atoms with Crippen molar-refractivity contribution in [2.75, 3.05) is 44.6 Å². The molecule has 1 heterocycles. The number of aromatic nitrogens is 3. The molecule has 0 aliphatic heterocycles. The van der Waals surface area contributed by atoms with Gasteiger partial charge in [-0.15, -0.1) is 0 Å². The summed E-state index contributed by atoms with van der Waals surface area (Å²) in [5.41, 5.74) is 5.30. The van der Waals surface area contributed by atoms with E-state index in [2.05, 4.69) is 20.1 Å². The maximum atomic E-state index is 8.41. The third-order valence-electron chi connectivity index (χ3n) is 1.87. The normalized spacial score (nSPS) is 11.2. The molecule has 0 saturated heterocycles. The molecule has 3 N–H and O–H groups in total. The maximum Gasteiger partial charge on any atom is 0.323 e. The summed E-state index contributed by atoms with van der Waals surface area (Å²) in [6.07, 6.45) is 0. The number of rotatable bonds is 5. The number of amidine groups is 1. The molecule has 1 aromatic rings. The van der Waals surface area contributed by atoms with Crippen LogP contribution in [0.2, 0.25) is 0 Å². The van der Waals surface area contributed by atoms with E-state index in [1.165, 1.54) is 0 Å². The van der Waals surface area contributed by atoms with Gasteiger partial charge in [-0.1, -0.05) is 5.16 Å². The van der Waals surface area contributed by atoms with Crippen molar-refractivity contribution < 1.29 is 9.94 Å². The fourth-order valence-electron chi connectivity index (χ4n) is 0.967. The Morgan fingerprint density at radius 3 is 2.06 bits per heavy atom. The first-order valence-corrected chi connectivity index (χ1v) is 5.14. The molecule has 0 fully saturated rings. The van der Waals surface area contributed by atoms with E-state index >= 15 is 0 Å². The smallest absolute Gasteiger partial charge is 0.323 e. The predicted octanol–water partition coefficient (Wildman–Crippen LogP) is -0.871. The molecule has 0 aliphatic rings. The highest BCUT2D eigenvalue weighted by Gasteiger charge is 2.10. The van der Waals surface area contributed by atoms with Crippen molar-refractivity contribution in [2.24, 2.45) is 10.9 Å². The second kappa shape index (κ2) is 5.84. The van der Waals surface area contributed by atoms with Crippen LogP contribution in [-0.2, 0) is 0 Å². The molecule has 0 aliphatic carbocycles. The Labute approximate surface area is 105 Å². The lowest BCUT2D eigenvalue weighted by Gasteiger charge is -2.15. The molecule has 1 rings (SSSR count). The number of oxime groups is 1. The van der Waals surface area contributed by atoms with E-state index in [-0.39, 0.29) is 18.5 Å². The van der Waals surface area contributed by atoms with Crippen LogP contribution >= 0.6 is 0 Å². The van der Waals surface area contributed by atoms with Crippen LogP contribution in [0.15, 0.2) is 5.16 Å². The second-order valence-electron chi connectivity index (χ2n) is 3.89. The quantitative estimate of drug-likeness (QED) is 0.302. The van der Waals surface area contributed by atoms with Crippen LogP contribution in [-0.4, -0.2) is 60.8 Å². The van der Waals surface area contributed by atoms with Crippen molar-refractivity contribution in [3.8, 4) is 6.01 Å².